The van der Waals surface area contributed by atoms with Crippen LogP contribution in [0.5, 0.6) is 0 Å². The average Bonchev–Trinajstić information content (AvgIpc) is 3.19. The molecule has 1 unspecified atom stereocenters. The summed E-state index contributed by atoms with van der Waals surface area (Å²) in [6, 6.07) is 18.7. The molecule has 0 aliphatic rings. The number of carbonyl (C=O) groups excluding carboxylic acids is 1. The minimum atomic E-state index is -0.00748. The highest BCUT2D eigenvalue weighted by Gasteiger charge is 2.12. The van der Waals surface area contributed by atoms with Gasteiger partial charge >= 0.3 is 0 Å². The summed E-state index contributed by atoms with van der Waals surface area (Å²) < 4.78 is 1.75. The maximum atomic E-state index is 12.2. The predicted octanol–water partition coefficient (Wildman–Crippen LogP) is 5.92. The van der Waals surface area contributed by atoms with E-state index in [-0.39, 0.29) is 11.9 Å². The zero-order valence-electron chi connectivity index (χ0n) is 16.8. The molecule has 1 aromatic heterocycles. The number of aromatic nitrogens is 2. The Kier molecular flexibility index (Phi) is 8.15. The molecule has 1 heterocycles. The third-order valence-electron chi connectivity index (χ3n) is 4.40. The molecular weight excluding hydrogens is 418 g/mol. The first-order valence-electron chi connectivity index (χ1n) is 9.53. The molecule has 7 heteroatoms. The molecule has 2 aromatic carbocycles. The second-order valence-electron chi connectivity index (χ2n) is 7.01. The van der Waals surface area contributed by atoms with E-state index in [1.165, 1.54) is 22.9 Å². The van der Waals surface area contributed by atoms with Gasteiger partial charge in [0, 0.05) is 5.75 Å². The fraction of sp³-hybridized carbons (Fsp3) is 0.318. The van der Waals surface area contributed by atoms with Gasteiger partial charge in [-0.2, -0.15) is 0 Å². The van der Waals surface area contributed by atoms with Gasteiger partial charge in [0.2, 0.25) is 5.91 Å². The van der Waals surface area contributed by atoms with Crippen LogP contribution in [0, 0.1) is 0 Å². The largest absolute Gasteiger partial charge is 0.349 e. The van der Waals surface area contributed by atoms with E-state index in [1.807, 2.05) is 37.3 Å². The molecule has 152 valence electrons. The van der Waals surface area contributed by atoms with Crippen LogP contribution in [0.4, 0.5) is 0 Å². The lowest BCUT2D eigenvalue weighted by atomic mass is 10.0. The number of carbonyl (C=O) groups is 1. The van der Waals surface area contributed by atoms with Crippen molar-refractivity contribution in [2.24, 2.45) is 0 Å². The molecule has 0 bridgehead atoms. The molecule has 0 aliphatic carbocycles. The van der Waals surface area contributed by atoms with Crippen LogP contribution in [0.25, 0.3) is 0 Å². The van der Waals surface area contributed by atoms with Gasteiger partial charge in [-0.3, -0.25) is 4.79 Å². The van der Waals surface area contributed by atoms with Crippen molar-refractivity contribution in [1.82, 2.24) is 15.5 Å². The molecule has 1 amide bonds. The lowest BCUT2D eigenvalue weighted by Gasteiger charge is -2.13. The minimum absolute atomic E-state index is 0.000924. The van der Waals surface area contributed by atoms with Crippen LogP contribution in [0.2, 0.25) is 0 Å². The van der Waals surface area contributed by atoms with Crippen LogP contribution < -0.4 is 5.32 Å². The first-order chi connectivity index (χ1) is 14.0. The van der Waals surface area contributed by atoms with Gasteiger partial charge in [-0.25, -0.2) is 0 Å². The van der Waals surface area contributed by atoms with Gasteiger partial charge in [-0.05, 0) is 29.5 Å². The zero-order chi connectivity index (χ0) is 20.6. The molecule has 0 saturated heterocycles. The van der Waals surface area contributed by atoms with E-state index in [4.69, 9.17) is 0 Å². The van der Waals surface area contributed by atoms with E-state index in [0.717, 1.165) is 20.0 Å². The van der Waals surface area contributed by atoms with E-state index in [0.29, 0.717) is 11.7 Å². The lowest BCUT2D eigenvalue weighted by molar-refractivity contribution is -0.119. The molecule has 0 aliphatic heterocycles. The van der Waals surface area contributed by atoms with Crippen LogP contribution in [0.3, 0.4) is 0 Å². The predicted molar refractivity (Wildman–Crippen MR) is 124 cm³/mol. The highest BCUT2D eigenvalue weighted by molar-refractivity contribution is 8.03. The first kappa shape index (κ1) is 21.9. The Bertz CT molecular complexity index is 911. The highest BCUT2D eigenvalue weighted by atomic mass is 32.2. The summed E-state index contributed by atoms with van der Waals surface area (Å²) in [5.74, 6) is 1.76. The number of thioether (sulfide) groups is 2. The SMILES string of the molecule is CC(C)c1ccc(CSc2nnc(SCC(=O)NC(C)c3ccccc3)s2)cc1. The topological polar surface area (TPSA) is 54.9 Å². The van der Waals surface area contributed by atoms with Crippen molar-refractivity contribution in [3.8, 4) is 0 Å². The van der Waals surface area contributed by atoms with E-state index in [1.54, 1.807) is 23.1 Å². The van der Waals surface area contributed by atoms with Gasteiger partial charge in [0.05, 0.1) is 11.8 Å². The van der Waals surface area contributed by atoms with E-state index < -0.39 is 0 Å². The van der Waals surface area contributed by atoms with Gasteiger partial charge in [-0.1, -0.05) is 103 Å². The summed E-state index contributed by atoms with van der Waals surface area (Å²) in [5.41, 5.74) is 3.73. The van der Waals surface area contributed by atoms with Crippen LogP contribution >= 0.6 is 34.9 Å². The Balaban J connectivity index is 1.43. The molecular formula is C22H25N3OS3. The summed E-state index contributed by atoms with van der Waals surface area (Å²) in [4.78, 5) is 12.2. The standard InChI is InChI=1S/C22H25N3OS3/c1-15(2)18-11-9-17(10-12-18)13-27-21-24-25-22(29-21)28-14-20(26)23-16(3)19-7-5-4-6-8-19/h4-12,15-16H,13-14H2,1-3H3,(H,23,26). The summed E-state index contributed by atoms with van der Waals surface area (Å²) in [5, 5.41) is 11.5. The van der Waals surface area contributed by atoms with Crippen molar-refractivity contribution in [2.75, 3.05) is 5.75 Å². The molecule has 0 fully saturated rings. The van der Waals surface area contributed by atoms with Crippen molar-refractivity contribution in [1.29, 1.82) is 0 Å². The Morgan fingerprint density at radius 3 is 2.24 bits per heavy atom. The Morgan fingerprint density at radius 2 is 1.59 bits per heavy atom. The van der Waals surface area contributed by atoms with Crippen molar-refractivity contribution in [2.45, 2.75) is 47.2 Å². The second-order valence-corrected chi connectivity index (χ2v) is 10.4. The normalized spacial score (nSPS) is 12.1. The van der Waals surface area contributed by atoms with Crippen LogP contribution in [-0.2, 0) is 10.5 Å². The summed E-state index contributed by atoms with van der Waals surface area (Å²) in [6.07, 6.45) is 0. The van der Waals surface area contributed by atoms with Crippen molar-refractivity contribution in [3.63, 3.8) is 0 Å². The molecule has 29 heavy (non-hydrogen) atoms. The lowest BCUT2D eigenvalue weighted by Crippen LogP contribution is -2.28. The van der Waals surface area contributed by atoms with Gasteiger partial charge in [0.25, 0.3) is 0 Å². The van der Waals surface area contributed by atoms with E-state index in [9.17, 15) is 4.79 Å². The minimum Gasteiger partial charge on any atom is -0.349 e. The smallest absolute Gasteiger partial charge is 0.230 e. The average molecular weight is 444 g/mol. The van der Waals surface area contributed by atoms with Gasteiger partial charge in [-0.15, -0.1) is 10.2 Å². The number of amides is 1. The summed E-state index contributed by atoms with van der Waals surface area (Å²) >= 11 is 4.66. The maximum absolute atomic E-state index is 12.2. The van der Waals surface area contributed by atoms with E-state index >= 15 is 0 Å². The monoisotopic (exact) mass is 443 g/mol. The van der Waals surface area contributed by atoms with Crippen molar-refractivity contribution in [3.05, 3.63) is 71.3 Å². The number of nitrogens with one attached hydrogen (secondary N) is 1. The molecule has 3 rings (SSSR count). The molecule has 4 nitrogen and oxygen atoms in total. The number of hydrogen-bond donors (Lipinski definition) is 1. The number of hydrogen-bond acceptors (Lipinski definition) is 6. The Labute approximate surface area is 184 Å². The zero-order valence-corrected chi connectivity index (χ0v) is 19.2. The van der Waals surface area contributed by atoms with Crippen molar-refractivity contribution >= 4 is 40.8 Å². The maximum Gasteiger partial charge on any atom is 0.230 e. The fourth-order valence-corrected chi connectivity index (χ4v) is 5.48. The molecule has 0 saturated carbocycles. The third-order valence-corrected chi connectivity index (χ3v) is 7.66. The molecule has 1 N–H and O–H groups in total. The summed E-state index contributed by atoms with van der Waals surface area (Å²) in [7, 11) is 0. The van der Waals surface area contributed by atoms with Crippen LogP contribution in [-0.4, -0.2) is 21.9 Å². The highest BCUT2D eigenvalue weighted by Crippen LogP contribution is 2.31. The Morgan fingerprint density at radius 1 is 0.931 bits per heavy atom. The Hall–Kier alpha value is -1.83. The number of benzene rings is 2. The molecule has 3 aromatic rings. The van der Waals surface area contributed by atoms with Crippen LogP contribution in [0.1, 0.15) is 49.4 Å². The van der Waals surface area contributed by atoms with Gasteiger partial charge < -0.3 is 5.32 Å². The quantitative estimate of drug-likeness (QED) is 0.416. The van der Waals surface area contributed by atoms with Crippen molar-refractivity contribution < 1.29 is 4.79 Å². The number of nitrogens with zero attached hydrogens (tertiary/aromatic N) is 2. The second kappa shape index (κ2) is 10.8. The summed E-state index contributed by atoms with van der Waals surface area (Å²) in [6.45, 7) is 6.39. The fourth-order valence-electron chi connectivity index (χ4n) is 2.69. The molecule has 0 radical (unpaired) electrons. The third kappa shape index (κ3) is 6.87. The molecule has 1 atom stereocenters. The molecule has 0 spiro atoms. The van der Waals surface area contributed by atoms with Gasteiger partial charge in [0.1, 0.15) is 0 Å². The number of rotatable bonds is 9. The van der Waals surface area contributed by atoms with Gasteiger partial charge in [0.15, 0.2) is 8.68 Å². The first-order valence-corrected chi connectivity index (χ1v) is 12.3. The van der Waals surface area contributed by atoms with E-state index in [2.05, 4.69) is 53.6 Å². The van der Waals surface area contributed by atoms with Crippen LogP contribution in [0.15, 0.2) is 63.3 Å².